The van der Waals surface area contributed by atoms with E-state index in [2.05, 4.69) is 15.7 Å². The lowest BCUT2D eigenvalue weighted by Crippen LogP contribution is -1.86. The van der Waals surface area contributed by atoms with E-state index < -0.39 is 0 Å². The van der Waals surface area contributed by atoms with Gasteiger partial charge in [0.2, 0.25) is 0 Å². The predicted octanol–water partition coefficient (Wildman–Crippen LogP) is 2.55. The van der Waals surface area contributed by atoms with Crippen molar-refractivity contribution in [3.63, 3.8) is 0 Å². The van der Waals surface area contributed by atoms with E-state index in [0.29, 0.717) is 0 Å². The molecule has 1 aliphatic carbocycles. The van der Waals surface area contributed by atoms with E-state index in [9.17, 15) is 0 Å². The Bertz CT molecular complexity index is 211. The van der Waals surface area contributed by atoms with Crippen molar-refractivity contribution in [3.05, 3.63) is 18.2 Å². The molecular formula is C9H16N2. The van der Waals surface area contributed by atoms with Gasteiger partial charge in [0.05, 0.1) is 12.0 Å². The second kappa shape index (κ2) is 3.56. The van der Waals surface area contributed by atoms with Crippen molar-refractivity contribution in [1.82, 2.24) is 9.55 Å². The minimum Gasteiger partial charge on any atom is -0.334 e. The van der Waals surface area contributed by atoms with Crippen LogP contribution in [0.3, 0.4) is 0 Å². The van der Waals surface area contributed by atoms with Crippen LogP contribution >= 0.6 is 0 Å². The van der Waals surface area contributed by atoms with Crippen LogP contribution in [0, 0.1) is 6.92 Å². The lowest BCUT2D eigenvalue weighted by molar-refractivity contribution is 0.740. The molecule has 0 aromatic carbocycles. The standard InChI is InChI=1S/C7H10N2.C2H6/c1-6-4-9(5-8-6)7-2-3-7;1-2/h4-5,7H,2-3H2,1H3;1-2H3. The summed E-state index contributed by atoms with van der Waals surface area (Å²) in [6.07, 6.45) is 6.72. The molecule has 0 unspecified atom stereocenters. The molecule has 0 amide bonds. The van der Waals surface area contributed by atoms with Crippen molar-refractivity contribution in [2.45, 2.75) is 39.7 Å². The van der Waals surface area contributed by atoms with E-state index >= 15 is 0 Å². The van der Waals surface area contributed by atoms with Gasteiger partial charge in [0.15, 0.2) is 0 Å². The molecule has 1 aliphatic rings. The first-order valence-corrected chi connectivity index (χ1v) is 4.36. The molecule has 2 rings (SSSR count). The summed E-state index contributed by atoms with van der Waals surface area (Å²) in [4.78, 5) is 4.14. The average molecular weight is 152 g/mol. The first kappa shape index (κ1) is 8.31. The van der Waals surface area contributed by atoms with Crippen LogP contribution in [-0.2, 0) is 0 Å². The maximum Gasteiger partial charge on any atom is 0.0951 e. The summed E-state index contributed by atoms with van der Waals surface area (Å²) < 4.78 is 2.20. The van der Waals surface area contributed by atoms with Crippen molar-refractivity contribution >= 4 is 0 Å². The Morgan fingerprint density at radius 1 is 1.45 bits per heavy atom. The van der Waals surface area contributed by atoms with Gasteiger partial charge in [-0.1, -0.05) is 13.8 Å². The molecule has 0 N–H and O–H groups in total. The van der Waals surface area contributed by atoms with Crippen LogP contribution in [0.25, 0.3) is 0 Å². The first-order valence-electron chi connectivity index (χ1n) is 4.36. The van der Waals surface area contributed by atoms with E-state index in [4.69, 9.17) is 0 Å². The second-order valence-electron chi connectivity index (χ2n) is 2.69. The van der Waals surface area contributed by atoms with Gasteiger partial charge in [-0.05, 0) is 19.8 Å². The van der Waals surface area contributed by atoms with Crippen molar-refractivity contribution in [2.75, 3.05) is 0 Å². The third-order valence-electron chi connectivity index (χ3n) is 1.70. The van der Waals surface area contributed by atoms with Crippen LogP contribution < -0.4 is 0 Å². The molecule has 1 fully saturated rings. The maximum absolute atomic E-state index is 4.14. The van der Waals surface area contributed by atoms with E-state index in [1.54, 1.807) is 0 Å². The average Bonchev–Trinajstić information content (AvgIpc) is 2.80. The SMILES string of the molecule is CC.Cc1cn(C2CC2)cn1. The van der Waals surface area contributed by atoms with Crippen molar-refractivity contribution in [1.29, 1.82) is 0 Å². The number of aromatic nitrogens is 2. The topological polar surface area (TPSA) is 17.8 Å². The molecule has 1 aromatic heterocycles. The highest BCUT2D eigenvalue weighted by atomic mass is 15.1. The third kappa shape index (κ3) is 2.07. The summed E-state index contributed by atoms with van der Waals surface area (Å²) in [6, 6.07) is 0.784. The zero-order chi connectivity index (χ0) is 8.27. The molecule has 1 heterocycles. The summed E-state index contributed by atoms with van der Waals surface area (Å²) in [6.45, 7) is 6.03. The minimum absolute atomic E-state index is 0.784. The molecule has 2 nitrogen and oxygen atoms in total. The summed E-state index contributed by atoms with van der Waals surface area (Å²) in [5.41, 5.74) is 1.13. The lowest BCUT2D eigenvalue weighted by Gasteiger charge is -1.92. The fraction of sp³-hybridized carbons (Fsp3) is 0.667. The Hall–Kier alpha value is -0.790. The minimum atomic E-state index is 0.784. The number of aryl methyl sites for hydroxylation is 1. The Kier molecular flexibility index (Phi) is 2.69. The molecule has 1 saturated carbocycles. The molecule has 62 valence electrons. The molecule has 0 atom stereocenters. The zero-order valence-electron chi connectivity index (χ0n) is 7.54. The number of hydrogen-bond acceptors (Lipinski definition) is 1. The quantitative estimate of drug-likeness (QED) is 0.604. The van der Waals surface area contributed by atoms with Crippen LogP contribution in [0.5, 0.6) is 0 Å². The van der Waals surface area contributed by atoms with Gasteiger partial charge in [-0.3, -0.25) is 0 Å². The van der Waals surface area contributed by atoms with Gasteiger partial charge in [0.25, 0.3) is 0 Å². The Morgan fingerprint density at radius 2 is 2.09 bits per heavy atom. The molecule has 1 aromatic rings. The summed E-state index contributed by atoms with van der Waals surface area (Å²) in [5.74, 6) is 0. The largest absolute Gasteiger partial charge is 0.334 e. The highest BCUT2D eigenvalue weighted by Crippen LogP contribution is 2.34. The highest BCUT2D eigenvalue weighted by Gasteiger charge is 2.22. The van der Waals surface area contributed by atoms with E-state index in [-0.39, 0.29) is 0 Å². The zero-order valence-corrected chi connectivity index (χ0v) is 7.54. The Balaban J connectivity index is 0.000000281. The van der Waals surface area contributed by atoms with Gasteiger partial charge < -0.3 is 4.57 Å². The fourth-order valence-electron chi connectivity index (χ4n) is 1.01. The van der Waals surface area contributed by atoms with Gasteiger partial charge in [0.1, 0.15) is 0 Å². The van der Waals surface area contributed by atoms with Crippen molar-refractivity contribution < 1.29 is 0 Å². The van der Waals surface area contributed by atoms with Gasteiger partial charge in [-0.25, -0.2) is 4.98 Å². The Labute approximate surface area is 68.3 Å². The highest BCUT2D eigenvalue weighted by molar-refractivity contribution is 4.97. The molecule has 0 aliphatic heterocycles. The Morgan fingerprint density at radius 3 is 2.45 bits per heavy atom. The maximum atomic E-state index is 4.14. The van der Waals surface area contributed by atoms with Crippen LogP contribution in [0.15, 0.2) is 12.5 Å². The molecule has 0 saturated heterocycles. The van der Waals surface area contributed by atoms with Crippen LogP contribution in [0.1, 0.15) is 38.4 Å². The lowest BCUT2D eigenvalue weighted by atomic mass is 10.5. The molecule has 2 heteroatoms. The number of imidazole rings is 1. The number of rotatable bonds is 1. The monoisotopic (exact) mass is 152 g/mol. The summed E-state index contributed by atoms with van der Waals surface area (Å²) in [7, 11) is 0. The van der Waals surface area contributed by atoms with Gasteiger partial charge in [0, 0.05) is 12.2 Å². The van der Waals surface area contributed by atoms with Crippen LogP contribution in [-0.4, -0.2) is 9.55 Å². The molecule has 0 spiro atoms. The second-order valence-corrected chi connectivity index (χ2v) is 2.69. The van der Waals surface area contributed by atoms with Crippen LogP contribution in [0.4, 0.5) is 0 Å². The molecule has 11 heavy (non-hydrogen) atoms. The summed E-state index contributed by atoms with van der Waals surface area (Å²) >= 11 is 0. The van der Waals surface area contributed by atoms with Gasteiger partial charge >= 0.3 is 0 Å². The smallest absolute Gasteiger partial charge is 0.0951 e. The van der Waals surface area contributed by atoms with Gasteiger partial charge in [-0.15, -0.1) is 0 Å². The molecule has 0 radical (unpaired) electrons. The molecular weight excluding hydrogens is 136 g/mol. The predicted molar refractivity (Wildman–Crippen MR) is 46.6 cm³/mol. The van der Waals surface area contributed by atoms with E-state index in [1.165, 1.54) is 12.8 Å². The fourth-order valence-corrected chi connectivity index (χ4v) is 1.01. The van der Waals surface area contributed by atoms with E-state index in [1.807, 2.05) is 27.1 Å². The van der Waals surface area contributed by atoms with Gasteiger partial charge in [-0.2, -0.15) is 0 Å². The number of nitrogens with zero attached hydrogens (tertiary/aromatic N) is 2. The first-order chi connectivity index (χ1) is 5.36. The van der Waals surface area contributed by atoms with E-state index in [0.717, 1.165) is 11.7 Å². The van der Waals surface area contributed by atoms with Crippen molar-refractivity contribution in [3.8, 4) is 0 Å². The molecule has 0 bridgehead atoms. The normalized spacial score (nSPS) is 15.5. The number of hydrogen-bond donors (Lipinski definition) is 0. The van der Waals surface area contributed by atoms with Crippen molar-refractivity contribution in [2.24, 2.45) is 0 Å². The summed E-state index contributed by atoms with van der Waals surface area (Å²) in [5, 5.41) is 0. The van der Waals surface area contributed by atoms with Crippen LogP contribution in [0.2, 0.25) is 0 Å². The third-order valence-corrected chi connectivity index (χ3v) is 1.70.